The molecule has 21 heavy (non-hydrogen) atoms. The fraction of sp³-hybridized carbons (Fsp3) is 0.368. The Morgan fingerprint density at radius 3 is 2.19 bits per heavy atom. The van der Waals surface area contributed by atoms with Crippen molar-refractivity contribution in [2.75, 3.05) is 0 Å². The summed E-state index contributed by atoms with van der Waals surface area (Å²) in [5, 5.41) is 3.67. The van der Waals surface area contributed by atoms with Gasteiger partial charge >= 0.3 is 0 Å². The zero-order valence-electron chi connectivity index (χ0n) is 13.1. The third-order valence-electron chi connectivity index (χ3n) is 3.83. The maximum atomic E-state index is 12.9. The zero-order chi connectivity index (χ0) is 15.2. The summed E-state index contributed by atoms with van der Waals surface area (Å²) in [6.45, 7) is 6.48. The van der Waals surface area contributed by atoms with Crippen LogP contribution in [0.3, 0.4) is 0 Å². The first kappa shape index (κ1) is 15.7. The van der Waals surface area contributed by atoms with Crippen LogP contribution in [0.25, 0.3) is 0 Å². The Balaban J connectivity index is 1.97. The van der Waals surface area contributed by atoms with Gasteiger partial charge in [-0.2, -0.15) is 0 Å². The third kappa shape index (κ3) is 4.68. The fourth-order valence-corrected chi connectivity index (χ4v) is 2.62. The van der Waals surface area contributed by atoms with E-state index in [1.54, 1.807) is 0 Å². The molecule has 0 aliphatic carbocycles. The minimum Gasteiger partial charge on any atom is -0.307 e. The van der Waals surface area contributed by atoms with Crippen LogP contribution in [0.15, 0.2) is 48.5 Å². The quantitative estimate of drug-likeness (QED) is 0.803. The predicted molar refractivity (Wildman–Crippen MR) is 86.9 cm³/mol. The van der Waals surface area contributed by atoms with Gasteiger partial charge in [0, 0.05) is 12.1 Å². The highest BCUT2D eigenvalue weighted by molar-refractivity contribution is 5.24. The standard InChI is InChI=1S/C19H24FN/c1-4-19(17-9-5-14(2)6-10-17)21-15(3)13-16-7-11-18(20)12-8-16/h5-12,15,19,21H,4,13H2,1-3H3. The molecule has 1 N–H and O–H groups in total. The monoisotopic (exact) mass is 285 g/mol. The SMILES string of the molecule is CCC(NC(C)Cc1ccc(F)cc1)c1ccc(C)cc1. The van der Waals surface area contributed by atoms with Crippen molar-refractivity contribution in [1.29, 1.82) is 0 Å². The number of aryl methyl sites for hydroxylation is 1. The molecule has 0 amide bonds. The summed E-state index contributed by atoms with van der Waals surface area (Å²) in [5.41, 5.74) is 3.78. The van der Waals surface area contributed by atoms with Crippen molar-refractivity contribution in [1.82, 2.24) is 5.32 Å². The minimum absolute atomic E-state index is 0.176. The molecule has 0 saturated carbocycles. The van der Waals surface area contributed by atoms with Crippen LogP contribution in [-0.4, -0.2) is 6.04 Å². The van der Waals surface area contributed by atoms with Gasteiger partial charge in [-0.25, -0.2) is 4.39 Å². The van der Waals surface area contributed by atoms with Gasteiger partial charge in [-0.3, -0.25) is 0 Å². The number of benzene rings is 2. The summed E-state index contributed by atoms with van der Waals surface area (Å²) in [6.07, 6.45) is 1.96. The second kappa shape index (κ2) is 7.37. The largest absolute Gasteiger partial charge is 0.307 e. The van der Waals surface area contributed by atoms with E-state index in [2.05, 4.69) is 50.4 Å². The third-order valence-corrected chi connectivity index (χ3v) is 3.83. The van der Waals surface area contributed by atoms with E-state index in [0.29, 0.717) is 12.1 Å². The van der Waals surface area contributed by atoms with E-state index in [0.717, 1.165) is 18.4 Å². The summed E-state index contributed by atoms with van der Waals surface area (Å²) in [5.74, 6) is -0.176. The van der Waals surface area contributed by atoms with Crippen LogP contribution in [0.5, 0.6) is 0 Å². The Hall–Kier alpha value is -1.67. The van der Waals surface area contributed by atoms with E-state index >= 15 is 0 Å². The number of halogens is 1. The van der Waals surface area contributed by atoms with Crippen molar-refractivity contribution >= 4 is 0 Å². The first-order valence-corrected chi connectivity index (χ1v) is 7.65. The first-order valence-electron chi connectivity index (χ1n) is 7.65. The molecule has 2 aromatic carbocycles. The van der Waals surface area contributed by atoms with Crippen LogP contribution in [0.2, 0.25) is 0 Å². The van der Waals surface area contributed by atoms with Crippen LogP contribution in [0.1, 0.15) is 43.0 Å². The molecule has 0 heterocycles. The van der Waals surface area contributed by atoms with Crippen LogP contribution in [0.4, 0.5) is 4.39 Å². The Morgan fingerprint density at radius 1 is 1.00 bits per heavy atom. The molecule has 0 aliphatic heterocycles. The van der Waals surface area contributed by atoms with Gasteiger partial charge in [-0.1, -0.05) is 48.9 Å². The van der Waals surface area contributed by atoms with Crippen molar-refractivity contribution in [3.05, 3.63) is 71.0 Å². The number of nitrogens with one attached hydrogen (secondary N) is 1. The van der Waals surface area contributed by atoms with Gasteiger partial charge in [0.2, 0.25) is 0 Å². The molecule has 0 radical (unpaired) electrons. The van der Waals surface area contributed by atoms with Gasteiger partial charge < -0.3 is 5.32 Å². The topological polar surface area (TPSA) is 12.0 Å². The summed E-state index contributed by atoms with van der Waals surface area (Å²) in [4.78, 5) is 0. The lowest BCUT2D eigenvalue weighted by Crippen LogP contribution is -2.31. The van der Waals surface area contributed by atoms with Crippen molar-refractivity contribution in [2.24, 2.45) is 0 Å². The Labute approximate surface area is 127 Å². The molecule has 1 nitrogen and oxygen atoms in total. The summed E-state index contributed by atoms with van der Waals surface area (Å²) >= 11 is 0. The molecule has 0 saturated heterocycles. The smallest absolute Gasteiger partial charge is 0.123 e. The molecule has 2 unspecified atom stereocenters. The minimum atomic E-state index is -0.176. The Morgan fingerprint density at radius 2 is 1.62 bits per heavy atom. The molecule has 2 aromatic rings. The molecular weight excluding hydrogens is 261 g/mol. The molecule has 0 bridgehead atoms. The lowest BCUT2D eigenvalue weighted by Gasteiger charge is -2.23. The van der Waals surface area contributed by atoms with E-state index in [9.17, 15) is 4.39 Å². The van der Waals surface area contributed by atoms with E-state index in [1.807, 2.05) is 12.1 Å². The van der Waals surface area contributed by atoms with E-state index in [1.165, 1.54) is 23.3 Å². The molecular formula is C19H24FN. The average molecular weight is 285 g/mol. The maximum Gasteiger partial charge on any atom is 0.123 e. The maximum absolute atomic E-state index is 12.9. The molecule has 0 spiro atoms. The summed E-state index contributed by atoms with van der Waals surface area (Å²) < 4.78 is 12.9. The molecule has 2 rings (SSSR count). The molecule has 2 atom stereocenters. The van der Waals surface area contributed by atoms with Gasteiger partial charge in [-0.15, -0.1) is 0 Å². The second-order valence-electron chi connectivity index (χ2n) is 5.77. The van der Waals surface area contributed by atoms with Crippen molar-refractivity contribution in [3.8, 4) is 0 Å². The highest BCUT2D eigenvalue weighted by Crippen LogP contribution is 2.18. The zero-order valence-corrected chi connectivity index (χ0v) is 13.1. The Bertz CT molecular complexity index is 545. The van der Waals surface area contributed by atoms with Gasteiger partial charge in [0.05, 0.1) is 0 Å². The number of hydrogen-bond donors (Lipinski definition) is 1. The van der Waals surface area contributed by atoms with Crippen LogP contribution in [0, 0.1) is 12.7 Å². The van der Waals surface area contributed by atoms with Gasteiger partial charge in [-0.05, 0) is 49.9 Å². The average Bonchev–Trinajstić information content (AvgIpc) is 2.48. The fourth-order valence-electron chi connectivity index (χ4n) is 2.62. The molecule has 0 aromatic heterocycles. The number of rotatable bonds is 6. The van der Waals surface area contributed by atoms with E-state index in [4.69, 9.17) is 0 Å². The van der Waals surface area contributed by atoms with Crippen molar-refractivity contribution < 1.29 is 4.39 Å². The lowest BCUT2D eigenvalue weighted by molar-refractivity contribution is 0.443. The van der Waals surface area contributed by atoms with Gasteiger partial charge in [0.25, 0.3) is 0 Å². The summed E-state index contributed by atoms with van der Waals surface area (Å²) in [6, 6.07) is 16.2. The van der Waals surface area contributed by atoms with Crippen molar-refractivity contribution in [3.63, 3.8) is 0 Å². The van der Waals surface area contributed by atoms with Crippen LogP contribution < -0.4 is 5.32 Å². The molecule has 0 fully saturated rings. The first-order chi connectivity index (χ1) is 10.1. The van der Waals surface area contributed by atoms with Gasteiger partial charge in [0.15, 0.2) is 0 Å². The van der Waals surface area contributed by atoms with Crippen LogP contribution in [-0.2, 0) is 6.42 Å². The summed E-state index contributed by atoms with van der Waals surface area (Å²) in [7, 11) is 0. The molecule has 2 heteroatoms. The van der Waals surface area contributed by atoms with Crippen molar-refractivity contribution in [2.45, 2.75) is 45.7 Å². The Kier molecular flexibility index (Phi) is 5.51. The van der Waals surface area contributed by atoms with Crippen LogP contribution >= 0.6 is 0 Å². The highest BCUT2D eigenvalue weighted by Gasteiger charge is 2.12. The van der Waals surface area contributed by atoms with E-state index in [-0.39, 0.29) is 5.82 Å². The molecule has 0 aliphatic rings. The molecule has 112 valence electrons. The second-order valence-corrected chi connectivity index (χ2v) is 5.77. The lowest BCUT2D eigenvalue weighted by atomic mass is 10.0. The van der Waals surface area contributed by atoms with E-state index < -0.39 is 0 Å². The highest BCUT2D eigenvalue weighted by atomic mass is 19.1. The van der Waals surface area contributed by atoms with Gasteiger partial charge in [0.1, 0.15) is 5.82 Å². The predicted octanol–water partition coefficient (Wildman–Crippen LogP) is 4.81. The number of hydrogen-bond acceptors (Lipinski definition) is 1. The normalized spacial score (nSPS) is 13.9.